The molecule has 0 unspecified atom stereocenters. The highest BCUT2D eigenvalue weighted by Gasteiger charge is 2.63. The van der Waals surface area contributed by atoms with Gasteiger partial charge in [-0.1, -0.05) is 44.4 Å². The summed E-state index contributed by atoms with van der Waals surface area (Å²) in [7, 11) is 0. The fraction of sp³-hybridized carbons (Fsp3) is 0.533. The van der Waals surface area contributed by atoms with Gasteiger partial charge in [-0.15, -0.1) is 0 Å². The molecular formula is C15H17ClN4O. The molecule has 0 N–H and O–H groups in total. The maximum absolute atomic E-state index is 8.89. The minimum Gasteiger partial charge on any atom is -0.489 e. The van der Waals surface area contributed by atoms with Gasteiger partial charge < -0.3 is 4.74 Å². The molecule has 0 aromatic heterocycles. The topological polar surface area (TPSA) is 81.8 Å². The fourth-order valence-corrected chi connectivity index (χ4v) is 3.77. The lowest BCUT2D eigenvalue weighted by Crippen LogP contribution is -2.68. The number of rotatable bonds is 3. The van der Waals surface area contributed by atoms with Gasteiger partial charge in [0.2, 0.25) is 0 Å². The van der Waals surface area contributed by atoms with Crippen molar-refractivity contribution in [1.82, 2.24) is 0 Å². The summed E-state index contributed by atoms with van der Waals surface area (Å²) in [4.78, 5) is 2.94. The third kappa shape index (κ3) is 2.42. The van der Waals surface area contributed by atoms with Crippen LogP contribution in [0.2, 0.25) is 5.02 Å². The van der Waals surface area contributed by atoms with E-state index in [1.54, 1.807) is 18.2 Å². The second-order valence-electron chi connectivity index (χ2n) is 6.50. The summed E-state index contributed by atoms with van der Waals surface area (Å²) in [6.45, 7) is 8.09. The molecule has 0 bridgehead atoms. The Balaban J connectivity index is 2.26. The summed E-state index contributed by atoms with van der Waals surface area (Å²) in [5.41, 5.74) is 8.59. The van der Waals surface area contributed by atoms with E-state index < -0.39 is 0 Å². The van der Waals surface area contributed by atoms with Crippen LogP contribution in [-0.2, 0) is 0 Å². The second-order valence-corrected chi connectivity index (χ2v) is 6.91. The number of hydrogen-bond acceptors (Lipinski definition) is 3. The molecule has 1 aromatic carbocycles. The van der Waals surface area contributed by atoms with E-state index in [1.807, 2.05) is 33.8 Å². The highest BCUT2D eigenvalue weighted by Crippen LogP contribution is 2.57. The van der Waals surface area contributed by atoms with Crippen LogP contribution < -0.4 is 4.74 Å². The van der Waals surface area contributed by atoms with Gasteiger partial charge in [-0.3, -0.25) is 0 Å². The first-order valence-electron chi connectivity index (χ1n) is 6.65. The monoisotopic (exact) mass is 304 g/mol. The molecule has 1 saturated carbocycles. The lowest BCUT2D eigenvalue weighted by atomic mass is 9.49. The molecule has 1 aliphatic carbocycles. The normalized spacial score (nSPS) is 25.1. The van der Waals surface area contributed by atoms with Gasteiger partial charge >= 0.3 is 0 Å². The largest absolute Gasteiger partial charge is 0.489 e. The Kier molecular flexibility index (Phi) is 3.79. The van der Waals surface area contributed by atoms with E-state index in [9.17, 15) is 0 Å². The van der Waals surface area contributed by atoms with Crippen LogP contribution in [0, 0.1) is 22.2 Å². The maximum atomic E-state index is 8.89. The highest BCUT2D eigenvalue weighted by molar-refractivity contribution is 6.31. The van der Waals surface area contributed by atoms with Crippen molar-refractivity contribution in [2.24, 2.45) is 15.9 Å². The van der Waals surface area contributed by atoms with E-state index in [0.29, 0.717) is 16.3 Å². The smallest absolute Gasteiger partial charge is 0.121 e. The third-order valence-electron chi connectivity index (χ3n) is 4.24. The number of nitrogens with zero attached hydrogens (tertiary/aromatic N) is 4. The van der Waals surface area contributed by atoms with Gasteiger partial charge in [0, 0.05) is 21.8 Å². The van der Waals surface area contributed by atoms with Crippen molar-refractivity contribution in [3.8, 4) is 11.8 Å². The fourth-order valence-electron chi connectivity index (χ4n) is 3.56. The molecule has 110 valence electrons. The van der Waals surface area contributed by atoms with Crippen molar-refractivity contribution >= 4 is 11.6 Å². The van der Waals surface area contributed by atoms with Crippen LogP contribution in [0.1, 0.15) is 33.3 Å². The lowest BCUT2D eigenvalue weighted by molar-refractivity contribution is -0.154. The average molecular weight is 305 g/mol. The van der Waals surface area contributed by atoms with Crippen LogP contribution in [0.4, 0.5) is 0 Å². The SMILES string of the molecule is CC1(C)C(N=[N+]=[N-])C(C)(C)C1Oc1ccc(C#N)c(Cl)c1. The molecular weight excluding hydrogens is 288 g/mol. The van der Waals surface area contributed by atoms with Crippen LogP contribution in [0.5, 0.6) is 5.75 Å². The molecule has 0 heterocycles. The first kappa shape index (κ1) is 15.5. The predicted octanol–water partition coefficient (Wildman–Crippen LogP) is 4.70. The molecule has 0 aliphatic heterocycles. The second kappa shape index (κ2) is 5.14. The van der Waals surface area contributed by atoms with Gasteiger partial charge in [-0.25, -0.2) is 0 Å². The Bertz CT molecular complexity index is 640. The zero-order valence-corrected chi connectivity index (χ0v) is 13.2. The quantitative estimate of drug-likeness (QED) is 0.460. The maximum Gasteiger partial charge on any atom is 0.121 e. The molecule has 0 atom stereocenters. The van der Waals surface area contributed by atoms with Crippen molar-refractivity contribution < 1.29 is 4.74 Å². The molecule has 21 heavy (non-hydrogen) atoms. The van der Waals surface area contributed by atoms with Crippen LogP contribution >= 0.6 is 11.6 Å². The standard InChI is InChI=1S/C15H17ClN4O/c1-14(2)12(19-20-18)15(3,4)13(14)21-10-6-5-9(8-17)11(16)7-10/h5-7,12-13H,1-4H3. The molecule has 1 aromatic rings. The number of ether oxygens (including phenoxy) is 1. The van der Waals surface area contributed by atoms with E-state index in [-0.39, 0.29) is 23.0 Å². The molecule has 2 rings (SSSR count). The minimum absolute atomic E-state index is 0.107. The van der Waals surface area contributed by atoms with Gasteiger partial charge in [-0.05, 0) is 17.7 Å². The molecule has 6 heteroatoms. The Labute approximate surface area is 129 Å². The van der Waals surface area contributed by atoms with Crippen LogP contribution in [0.3, 0.4) is 0 Å². The number of nitriles is 1. The van der Waals surface area contributed by atoms with Gasteiger partial charge in [0.1, 0.15) is 17.9 Å². The summed E-state index contributed by atoms with van der Waals surface area (Å²) in [6.07, 6.45) is -0.107. The average Bonchev–Trinajstić information content (AvgIpc) is 2.41. The molecule has 0 spiro atoms. The number of azide groups is 1. The van der Waals surface area contributed by atoms with E-state index in [0.717, 1.165) is 0 Å². The Morgan fingerprint density at radius 2 is 1.95 bits per heavy atom. The van der Waals surface area contributed by atoms with Crippen LogP contribution in [-0.4, -0.2) is 12.1 Å². The van der Waals surface area contributed by atoms with E-state index in [1.165, 1.54) is 0 Å². The van der Waals surface area contributed by atoms with Crippen molar-refractivity contribution in [3.05, 3.63) is 39.2 Å². The summed E-state index contributed by atoms with van der Waals surface area (Å²) in [5, 5.41) is 13.2. The van der Waals surface area contributed by atoms with Gasteiger partial charge in [0.25, 0.3) is 0 Å². The molecule has 1 fully saturated rings. The molecule has 0 amide bonds. The third-order valence-corrected chi connectivity index (χ3v) is 4.56. The minimum atomic E-state index is -0.268. The van der Waals surface area contributed by atoms with Crippen molar-refractivity contribution in [3.63, 3.8) is 0 Å². The highest BCUT2D eigenvalue weighted by atomic mass is 35.5. The number of hydrogen-bond donors (Lipinski definition) is 0. The molecule has 0 radical (unpaired) electrons. The Morgan fingerprint density at radius 3 is 2.43 bits per heavy atom. The molecule has 1 aliphatic rings. The van der Waals surface area contributed by atoms with Gasteiger partial charge in [-0.2, -0.15) is 5.26 Å². The summed E-state index contributed by atoms with van der Waals surface area (Å²) in [6, 6.07) is 6.91. The van der Waals surface area contributed by atoms with Crippen molar-refractivity contribution in [2.75, 3.05) is 0 Å². The van der Waals surface area contributed by atoms with Crippen LogP contribution in [0.25, 0.3) is 10.4 Å². The Morgan fingerprint density at radius 1 is 1.33 bits per heavy atom. The van der Waals surface area contributed by atoms with Crippen LogP contribution in [0.15, 0.2) is 23.3 Å². The van der Waals surface area contributed by atoms with E-state index in [2.05, 4.69) is 10.0 Å². The molecule has 5 nitrogen and oxygen atoms in total. The summed E-state index contributed by atoms with van der Waals surface area (Å²) >= 11 is 6.03. The van der Waals surface area contributed by atoms with E-state index in [4.69, 9.17) is 27.1 Å². The zero-order valence-electron chi connectivity index (χ0n) is 12.5. The van der Waals surface area contributed by atoms with Gasteiger partial charge in [0.05, 0.1) is 16.6 Å². The first-order valence-corrected chi connectivity index (χ1v) is 7.03. The predicted molar refractivity (Wildman–Crippen MR) is 81.1 cm³/mol. The van der Waals surface area contributed by atoms with E-state index >= 15 is 0 Å². The Hall–Kier alpha value is -1.89. The van der Waals surface area contributed by atoms with Crippen molar-refractivity contribution in [2.45, 2.75) is 39.8 Å². The lowest BCUT2D eigenvalue weighted by Gasteiger charge is -2.61. The summed E-state index contributed by atoms with van der Waals surface area (Å²) < 4.78 is 6.06. The molecule has 0 saturated heterocycles. The number of benzene rings is 1. The zero-order chi connectivity index (χ0) is 15.8. The van der Waals surface area contributed by atoms with Gasteiger partial charge in [0.15, 0.2) is 0 Å². The van der Waals surface area contributed by atoms with Crippen molar-refractivity contribution in [1.29, 1.82) is 5.26 Å². The summed E-state index contributed by atoms with van der Waals surface area (Å²) in [5.74, 6) is 0.615. The first-order chi connectivity index (χ1) is 9.75. The number of halogens is 1.